The first kappa shape index (κ1) is 21.2. The molecular weight excluding hydrogens is 454 g/mol. The number of hydrogen-bond donors (Lipinski definition) is 1. The van der Waals surface area contributed by atoms with Crippen molar-refractivity contribution in [2.75, 3.05) is 11.1 Å². The third-order valence-corrected chi connectivity index (χ3v) is 6.48. The maximum absolute atomic E-state index is 12.7. The summed E-state index contributed by atoms with van der Waals surface area (Å²) in [7, 11) is 0. The van der Waals surface area contributed by atoms with E-state index in [1.54, 1.807) is 6.20 Å². The summed E-state index contributed by atoms with van der Waals surface area (Å²) >= 11 is 2.44. The summed E-state index contributed by atoms with van der Waals surface area (Å²) in [4.78, 5) is 17.2. The Bertz CT molecular complexity index is 1450. The quantitative estimate of drug-likeness (QED) is 0.358. The molecule has 0 saturated carbocycles. The van der Waals surface area contributed by atoms with Crippen LogP contribution in [-0.4, -0.2) is 40.2 Å². The van der Waals surface area contributed by atoms with Crippen LogP contribution in [0.15, 0.2) is 66.0 Å². The number of anilines is 1. The SMILES string of the molecule is Cc1ccc(-n2c(SCC(=O)Nc3cccc4nsnc34)nnc2-c2ccccn2)c(C)c1. The Morgan fingerprint density at radius 3 is 2.79 bits per heavy atom. The van der Waals surface area contributed by atoms with Crippen molar-refractivity contribution in [3.8, 4) is 17.2 Å². The Balaban J connectivity index is 1.44. The first-order valence-electron chi connectivity index (χ1n) is 10.2. The fraction of sp³-hybridized carbons (Fsp3) is 0.130. The summed E-state index contributed by atoms with van der Waals surface area (Å²) < 4.78 is 10.4. The van der Waals surface area contributed by atoms with Gasteiger partial charge in [0.05, 0.1) is 28.9 Å². The van der Waals surface area contributed by atoms with Crippen LogP contribution in [0.2, 0.25) is 0 Å². The van der Waals surface area contributed by atoms with Crippen LogP contribution in [0.25, 0.3) is 28.2 Å². The minimum Gasteiger partial charge on any atom is -0.323 e. The summed E-state index contributed by atoms with van der Waals surface area (Å²) in [5.41, 5.74) is 6.02. The number of hydrogen-bond acceptors (Lipinski definition) is 8. The zero-order valence-electron chi connectivity index (χ0n) is 17.9. The first-order chi connectivity index (χ1) is 16.1. The standard InChI is InChI=1S/C23H19N7OS2/c1-14-9-10-19(15(2)12-14)30-22(18-6-3-4-11-24-18)26-27-23(30)32-13-20(31)25-16-7-5-8-17-21(16)29-33-28-17/h3-12H,13H2,1-2H3,(H,25,31). The largest absolute Gasteiger partial charge is 0.323 e. The van der Waals surface area contributed by atoms with Crippen LogP contribution >= 0.6 is 23.5 Å². The molecule has 0 aliphatic heterocycles. The van der Waals surface area contributed by atoms with Gasteiger partial charge in [0.2, 0.25) is 5.91 Å². The van der Waals surface area contributed by atoms with Gasteiger partial charge < -0.3 is 5.32 Å². The van der Waals surface area contributed by atoms with Crippen molar-refractivity contribution in [2.24, 2.45) is 0 Å². The lowest BCUT2D eigenvalue weighted by Crippen LogP contribution is -2.15. The number of aromatic nitrogens is 6. The van der Waals surface area contributed by atoms with Crippen molar-refractivity contribution < 1.29 is 4.79 Å². The average molecular weight is 474 g/mol. The molecule has 0 atom stereocenters. The molecule has 0 radical (unpaired) electrons. The second kappa shape index (κ2) is 9.08. The lowest BCUT2D eigenvalue weighted by Gasteiger charge is -2.13. The van der Waals surface area contributed by atoms with Gasteiger partial charge in [0.1, 0.15) is 16.7 Å². The van der Waals surface area contributed by atoms with E-state index in [-0.39, 0.29) is 11.7 Å². The van der Waals surface area contributed by atoms with E-state index in [1.165, 1.54) is 17.3 Å². The predicted octanol–water partition coefficient (Wildman–Crippen LogP) is 4.68. The highest BCUT2D eigenvalue weighted by atomic mass is 32.2. The Labute approximate surface area is 198 Å². The zero-order chi connectivity index (χ0) is 22.8. The van der Waals surface area contributed by atoms with E-state index in [2.05, 4.69) is 42.2 Å². The molecule has 0 unspecified atom stereocenters. The number of nitrogens with zero attached hydrogens (tertiary/aromatic N) is 6. The number of carbonyl (C=O) groups is 1. The van der Waals surface area contributed by atoms with Crippen molar-refractivity contribution in [1.29, 1.82) is 0 Å². The van der Waals surface area contributed by atoms with Crippen molar-refractivity contribution in [1.82, 2.24) is 28.5 Å². The van der Waals surface area contributed by atoms with E-state index in [9.17, 15) is 4.79 Å². The minimum atomic E-state index is -0.157. The van der Waals surface area contributed by atoms with Crippen LogP contribution in [0.1, 0.15) is 11.1 Å². The molecule has 1 amide bonds. The molecule has 5 aromatic rings. The molecule has 0 bridgehead atoms. The summed E-state index contributed by atoms with van der Waals surface area (Å²) in [5, 5.41) is 12.3. The highest BCUT2D eigenvalue weighted by Gasteiger charge is 2.19. The van der Waals surface area contributed by atoms with E-state index in [4.69, 9.17) is 0 Å². The fourth-order valence-corrected chi connectivity index (χ4v) is 4.82. The third kappa shape index (κ3) is 4.35. The van der Waals surface area contributed by atoms with Crippen LogP contribution in [0.3, 0.4) is 0 Å². The number of amides is 1. The maximum Gasteiger partial charge on any atom is 0.234 e. The molecule has 33 heavy (non-hydrogen) atoms. The number of nitrogens with one attached hydrogen (secondary N) is 1. The zero-order valence-corrected chi connectivity index (χ0v) is 19.5. The van der Waals surface area contributed by atoms with Crippen LogP contribution in [0.5, 0.6) is 0 Å². The van der Waals surface area contributed by atoms with E-state index < -0.39 is 0 Å². The number of benzene rings is 2. The second-order valence-electron chi connectivity index (χ2n) is 7.42. The van der Waals surface area contributed by atoms with Crippen LogP contribution in [-0.2, 0) is 4.79 Å². The maximum atomic E-state index is 12.7. The highest BCUT2D eigenvalue weighted by Crippen LogP contribution is 2.29. The van der Waals surface area contributed by atoms with Gasteiger partial charge in [0.15, 0.2) is 11.0 Å². The number of thioether (sulfide) groups is 1. The van der Waals surface area contributed by atoms with Crippen LogP contribution < -0.4 is 5.32 Å². The van der Waals surface area contributed by atoms with Crippen LogP contribution in [0, 0.1) is 13.8 Å². The van der Waals surface area contributed by atoms with Gasteiger partial charge in [-0.3, -0.25) is 14.3 Å². The molecule has 2 aromatic carbocycles. The van der Waals surface area contributed by atoms with Gasteiger partial charge in [-0.15, -0.1) is 10.2 Å². The van der Waals surface area contributed by atoms with E-state index in [0.29, 0.717) is 27.9 Å². The molecule has 0 fully saturated rings. The second-order valence-corrected chi connectivity index (χ2v) is 8.89. The molecule has 10 heteroatoms. The molecule has 3 heterocycles. The lowest BCUT2D eigenvalue weighted by molar-refractivity contribution is -0.113. The number of pyridine rings is 1. The molecule has 0 aliphatic carbocycles. The smallest absolute Gasteiger partial charge is 0.234 e. The van der Waals surface area contributed by atoms with Crippen molar-refractivity contribution in [2.45, 2.75) is 19.0 Å². The summed E-state index contributed by atoms with van der Waals surface area (Å²) in [6, 6.07) is 17.4. The summed E-state index contributed by atoms with van der Waals surface area (Å²) in [6.45, 7) is 4.11. The predicted molar refractivity (Wildman–Crippen MR) is 131 cm³/mol. The lowest BCUT2D eigenvalue weighted by atomic mass is 10.1. The Morgan fingerprint density at radius 2 is 1.97 bits per heavy atom. The molecule has 164 valence electrons. The van der Waals surface area contributed by atoms with Gasteiger partial charge in [-0.25, -0.2) is 0 Å². The van der Waals surface area contributed by atoms with Gasteiger partial charge in [0.25, 0.3) is 0 Å². The molecule has 0 saturated heterocycles. The average Bonchev–Trinajstić information content (AvgIpc) is 3.46. The number of fused-ring (bicyclic) bond motifs is 1. The van der Waals surface area contributed by atoms with Gasteiger partial charge in [-0.05, 0) is 49.7 Å². The Kier molecular flexibility index (Phi) is 5.84. The monoisotopic (exact) mass is 473 g/mol. The van der Waals surface area contributed by atoms with E-state index in [1.807, 2.05) is 60.0 Å². The third-order valence-electron chi connectivity index (χ3n) is 5.01. The van der Waals surface area contributed by atoms with Gasteiger partial charge in [-0.1, -0.05) is 41.6 Å². The van der Waals surface area contributed by atoms with Crippen molar-refractivity contribution >= 4 is 46.1 Å². The van der Waals surface area contributed by atoms with Crippen molar-refractivity contribution in [3.63, 3.8) is 0 Å². The number of carbonyl (C=O) groups excluding carboxylic acids is 1. The molecule has 0 spiro atoms. The minimum absolute atomic E-state index is 0.157. The molecule has 0 aliphatic rings. The van der Waals surface area contributed by atoms with E-state index >= 15 is 0 Å². The summed E-state index contributed by atoms with van der Waals surface area (Å²) in [6.07, 6.45) is 1.73. The number of aryl methyl sites for hydroxylation is 2. The van der Waals surface area contributed by atoms with Gasteiger partial charge in [0, 0.05) is 6.20 Å². The fourth-order valence-electron chi connectivity index (χ4n) is 3.52. The van der Waals surface area contributed by atoms with E-state index in [0.717, 1.165) is 28.5 Å². The molecular formula is C23H19N7OS2. The van der Waals surface area contributed by atoms with Gasteiger partial charge in [-0.2, -0.15) is 8.75 Å². The van der Waals surface area contributed by atoms with Gasteiger partial charge >= 0.3 is 0 Å². The van der Waals surface area contributed by atoms with Crippen LogP contribution in [0.4, 0.5) is 5.69 Å². The summed E-state index contributed by atoms with van der Waals surface area (Å²) in [5.74, 6) is 0.637. The topological polar surface area (TPSA) is 98.5 Å². The highest BCUT2D eigenvalue weighted by molar-refractivity contribution is 7.99. The first-order valence-corrected chi connectivity index (χ1v) is 11.9. The molecule has 3 aromatic heterocycles. The Morgan fingerprint density at radius 1 is 1.06 bits per heavy atom. The molecule has 8 nitrogen and oxygen atoms in total. The molecule has 5 rings (SSSR count). The van der Waals surface area contributed by atoms with Crippen molar-refractivity contribution in [3.05, 3.63) is 71.9 Å². The Hall–Kier alpha value is -3.63. The normalized spacial score (nSPS) is 11.1. The number of rotatable bonds is 6. The molecule has 1 N–H and O–H groups in total.